The molecule has 8 heteroatoms. The molecule has 0 atom stereocenters. The van der Waals surface area contributed by atoms with Crippen LogP contribution in [0.5, 0.6) is 0 Å². The molecule has 2 heterocycles. The van der Waals surface area contributed by atoms with Crippen molar-refractivity contribution in [2.75, 3.05) is 26.3 Å². The number of hydrogen-bond donors (Lipinski definition) is 1. The summed E-state index contributed by atoms with van der Waals surface area (Å²) in [5, 5.41) is 9.06. The fourth-order valence-corrected chi connectivity index (χ4v) is 3.82. The second-order valence-corrected chi connectivity index (χ2v) is 7.81. The lowest BCUT2D eigenvalue weighted by Gasteiger charge is -2.39. The highest BCUT2D eigenvalue weighted by Crippen LogP contribution is 2.34. The van der Waals surface area contributed by atoms with E-state index in [1.165, 1.54) is 18.2 Å². The highest BCUT2D eigenvalue weighted by molar-refractivity contribution is 7.91. The van der Waals surface area contributed by atoms with Gasteiger partial charge in [0.15, 0.2) is 10.5 Å². The SMILES string of the molecule is CC(C)(C(=O)O)S(=O)(=O)N1CCC2(CC1)OCCO2. The zero-order valence-electron chi connectivity index (χ0n) is 11.1. The number of carboxylic acid groups (broad SMARTS) is 1. The number of nitrogens with zero attached hydrogens (tertiary/aromatic N) is 1. The van der Waals surface area contributed by atoms with Crippen LogP contribution in [0.15, 0.2) is 0 Å². The molecule has 0 aromatic heterocycles. The Morgan fingerprint density at radius 1 is 1.21 bits per heavy atom. The van der Waals surface area contributed by atoms with E-state index < -0.39 is 26.5 Å². The lowest BCUT2D eigenvalue weighted by molar-refractivity contribution is -0.179. The largest absolute Gasteiger partial charge is 0.480 e. The molecule has 7 nitrogen and oxygen atoms in total. The topological polar surface area (TPSA) is 93.1 Å². The van der Waals surface area contributed by atoms with Gasteiger partial charge in [0.1, 0.15) is 0 Å². The third-order valence-electron chi connectivity index (χ3n) is 3.80. The monoisotopic (exact) mass is 293 g/mol. The Bertz CT molecular complexity index is 456. The molecule has 110 valence electrons. The Balaban J connectivity index is 2.11. The predicted octanol–water partition coefficient (Wildman–Crippen LogP) is 0.0183. The molecule has 0 aromatic rings. The third-order valence-corrected chi connectivity index (χ3v) is 6.31. The lowest BCUT2D eigenvalue weighted by Crippen LogP contribution is -2.54. The highest BCUT2D eigenvalue weighted by Gasteiger charge is 2.49. The lowest BCUT2D eigenvalue weighted by atomic mass is 10.1. The predicted molar refractivity (Wildman–Crippen MR) is 66.1 cm³/mol. The first-order valence-corrected chi connectivity index (χ1v) is 7.66. The number of piperidine rings is 1. The minimum atomic E-state index is -3.88. The van der Waals surface area contributed by atoms with Crippen LogP contribution >= 0.6 is 0 Å². The number of carboxylic acids is 1. The molecule has 2 aliphatic rings. The second-order valence-electron chi connectivity index (χ2n) is 5.33. The molecule has 1 spiro atoms. The van der Waals surface area contributed by atoms with Crippen molar-refractivity contribution >= 4 is 16.0 Å². The summed E-state index contributed by atoms with van der Waals surface area (Å²) >= 11 is 0. The molecule has 0 radical (unpaired) electrons. The molecule has 0 unspecified atom stereocenters. The average Bonchev–Trinajstić information content (AvgIpc) is 2.77. The number of ether oxygens (including phenoxy) is 2. The summed E-state index contributed by atoms with van der Waals surface area (Å²) in [4.78, 5) is 11.1. The van der Waals surface area contributed by atoms with Gasteiger partial charge in [0, 0.05) is 25.9 Å². The number of aliphatic carboxylic acids is 1. The van der Waals surface area contributed by atoms with Crippen LogP contribution in [-0.4, -0.2) is 60.6 Å². The minimum absolute atomic E-state index is 0.221. The number of rotatable bonds is 3. The van der Waals surface area contributed by atoms with Crippen molar-refractivity contribution in [1.29, 1.82) is 0 Å². The summed E-state index contributed by atoms with van der Waals surface area (Å²) in [5.74, 6) is -2.01. The van der Waals surface area contributed by atoms with Gasteiger partial charge >= 0.3 is 5.97 Å². The summed E-state index contributed by atoms with van der Waals surface area (Å²) in [6.07, 6.45) is 0.865. The number of carbonyl (C=O) groups is 1. The Morgan fingerprint density at radius 2 is 1.68 bits per heavy atom. The maximum Gasteiger partial charge on any atom is 0.325 e. The zero-order valence-corrected chi connectivity index (χ0v) is 11.9. The molecule has 2 rings (SSSR count). The fraction of sp³-hybridized carbons (Fsp3) is 0.909. The van der Waals surface area contributed by atoms with Gasteiger partial charge in [0.05, 0.1) is 13.2 Å². The van der Waals surface area contributed by atoms with Crippen molar-refractivity contribution in [3.05, 3.63) is 0 Å². The van der Waals surface area contributed by atoms with E-state index >= 15 is 0 Å². The van der Waals surface area contributed by atoms with E-state index in [0.29, 0.717) is 26.1 Å². The molecule has 0 aliphatic carbocycles. The smallest absolute Gasteiger partial charge is 0.325 e. The molecular formula is C11H19NO6S. The third kappa shape index (κ3) is 2.37. The van der Waals surface area contributed by atoms with Gasteiger partial charge in [-0.25, -0.2) is 12.7 Å². The van der Waals surface area contributed by atoms with Crippen molar-refractivity contribution in [3.8, 4) is 0 Å². The Labute approximate surface area is 112 Å². The molecule has 2 fully saturated rings. The van der Waals surface area contributed by atoms with Crippen molar-refractivity contribution in [2.24, 2.45) is 0 Å². The molecule has 2 saturated heterocycles. The van der Waals surface area contributed by atoms with Crippen molar-refractivity contribution < 1.29 is 27.8 Å². The first-order valence-electron chi connectivity index (χ1n) is 6.22. The number of hydrogen-bond acceptors (Lipinski definition) is 5. The van der Waals surface area contributed by atoms with E-state index in [1.54, 1.807) is 0 Å². The van der Waals surface area contributed by atoms with Crippen LogP contribution in [0.3, 0.4) is 0 Å². The maximum absolute atomic E-state index is 12.3. The summed E-state index contributed by atoms with van der Waals surface area (Å²) < 4.78 is 35.1. The molecule has 2 aliphatic heterocycles. The minimum Gasteiger partial charge on any atom is -0.480 e. The van der Waals surface area contributed by atoms with Crippen LogP contribution < -0.4 is 0 Å². The molecule has 0 bridgehead atoms. The van der Waals surface area contributed by atoms with Crippen LogP contribution in [0.4, 0.5) is 0 Å². The van der Waals surface area contributed by atoms with Gasteiger partial charge in [-0.15, -0.1) is 0 Å². The maximum atomic E-state index is 12.3. The summed E-state index contributed by atoms with van der Waals surface area (Å²) in [6.45, 7) is 3.90. The zero-order chi connectivity index (χ0) is 14.3. The molecule has 0 amide bonds. The van der Waals surface area contributed by atoms with Crippen LogP contribution in [0.2, 0.25) is 0 Å². The summed E-state index contributed by atoms with van der Waals surface area (Å²) in [7, 11) is -3.88. The molecule has 0 saturated carbocycles. The van der Waals surface area contributed by atoms with Gasteiger partial charge in [0.25, 0.3) is 0 Å². The standard InChI is InChI=1S/C11H19NO6S/c1-10(2,9(13)14)19(15,16)12-5-3-11(4-6-12)17-7-8-18-11/h3-8H2,1-2H3,(H,13,14). The Hall–Kier alpha value is -0.700. The van der Waals surface area contributed by atoms with E-state index in [1.807, 2.05) is 0 Å². The Kier molecular flexibility index (Phi) is 3.63. The van der Waals surface area contributed by atoms with Crippen LogP contribution in [-0.2, 0) is 24.3 Å². The van der Waals surface area contributed by atoms with Crippen LogP contribution in [0, 0.1) is 0 Å². The van der Waals surface area contributed by atoms with Gasteiger partial charge in [-0.05, 0) is 13.8 Å². The van der Waals surface area contributed by atoms with Gasteiger partial charge in [0.2, 0.25) is 10.0 Å². The Morgan fingerprint density at radius 3 is 2.11 bits per heavy atom. The van der Waals surface area contributed by atoms with Crippen LogP contribution in [0.25, 0.3) is 0 Å². The summed E-state index contributed by atoms with van der Waals surface area (Å²) in [5.41, 5.74) is 0. The normalized spacial score (nSPS) is 24.7. The van der Waals surface area contributed by atoms with Gasteiger partial charge < -0.3 is 14.6 Å². The van der Waals surface area contributed by atoms with Crippen LogP contribution in [0.1, 0.15) is 26.7 Å². The highest BCUT2D eigenvalue weighted by atomic mass is 32.2. The van der Waals surface area contributed by atoms with Crippen molar-refractivity contribution in [3.63, 3.8) is 0 Å². The first-order chi connectivity index (χ1) is 8.71. The molecule has 0 aromatic carbocycles. The number of sulfonamides is 1. The molecule has 1 N–H and O–H groups in total. The van der Waals surface area contributed by atoms with E-state index in [9.17, 15) is 13.2 Å². The van der Waals surface area contributed by atoms with E-state index in [4.69, 9.17) is 14.6 Å². The molecular weight excluding hydrogens is 274 g/mol. The fourth-order valence-electron chi connectivity index (χ4n) is 2.29. The van der Waals surface area contributed by atoms with Crippen molar-refractivity contribution in [1.82, 2.24) is 4.31 Å². The summed E-state index contributed by atoms with van der Waals surface area (Å²) in [6, 6.07) is 0. The quantitative estimate of drug-likeness (QED) is 0.788. The van der Waals surface area contributed by atoms with E-state index in [0.717, 1.165) is 0 Å². The van der Waals surface area contributed by atoms with Crippen molar-refractivity contribution in [2.45, 2.75) is 37.2 Å². The van der Waals surface area contributed by atoms with E-state index in [-0.39, 0.29) is 13.1 Å². The second kappa shape index (κ2) is 4.69. The van der Waals surface area contributed by atoms with Gasteiger partial charge in [-0.2, -0.15) is 0 Å². The van der Waals surface area contributed by atoms with Gasteiger partial charge in [-0.1, -0.05) is 0 Å². The first kappa shape index (κ1) is 14.7. The van der Waals surface area contributed by atoms with E-state index in [2.05, 4.69) is 0 Å². The average molecular weight is 293 g/mol. The van der Waals surface area contributed by atoms with Gasteiger partial charge in [-0.3, -0.25) is 4.79 Å². The molecule has 19 heavy (non-hydrogen) atoms.